The number of rotatable bonds is 9. The molecule has 0 radical (unpaired) electrons. The zero-order valence-electron chi connectivity index (χ0n) is 18.1. The van der Waals surface area contributed by atoms with E-state index in [2.05, 4.69) is 34.7 Å². The molecule has 1 aromatic heterocycles. The molecule has 0 fully saturated rings. The van der Waals surface area contributed by atoms with Crippen molar-refractivity contribution in [2.24, 2.45) is 4.99 Å². The molecule has 7 nitrogen and oxygen atoms in total. The van der Waals surface area contributed by atoms with Crippen molar-refractivity contribution < 1.29 is 13.2 Å². The van der Waals surface area contributed by atoms with Gasteiger partial charge in [-0.05, 0) is 37.1 Å². The lowest BCUT2D eigenvalue weighted by Crippen LogP contribution is -2.36. The molecule has 0 unspecified atom stereocenters. The molecule has 168 valence electrons. The number of halogens is 1. The van der Waals surface area contributed by atoms with Crippen LogP contribution in [0.3, 0.4) is 0 Å². The van der Waals surface area contributed by atoms with Crippen molar-refractivity contribution in [3.8, 4) is 5.75 Å². The molecular weight excluding hydrogens is 535 g/mol. The third-order valence-electron chi connectivity index (χ3n) is 4.16. The van der Waals surface area contributed by atoms with Crippen molar-refractivity contribution >= 4 is 51.3 Å². The number of hydrogen-bond acceptors (Lipinski definition) is 5. The molecular formula is C20H31IN4O3S2. The Hall–Kier alpha value is -1.37. The fourth-order valence-electron chi connectivity index (χ4n) is 2.50. The first-order valence-electron chi connectivity index (χ1n) is 9.46. The van der Waals surface area contributed by atoms with Crippen molar-refractivity contribution in [3.63, 3.8) is 0 Å². The van der Waals surface area contributed by atoms with E-state index in [1.54, 1.807) is 13.1 Å². The van der Waals surface area contributed by atoms with E-state index >= 15 is 0 Å². The minimum Gasteiger partial charge on any atom is -0.493 e. The highest BCUT2D eigenvalue weighted by Crippen LogP contribution is 2.23. The number of nitrogens with one attached hydrogen (secondary N) is 2. The van der Waals surface area contributed by atoms with E-state index in [0.717, 1.165) is 28.2 Å². The molecule has 10 heteroatoms. The second-order valence-corrected chi connectivity index (χ2v) is 10.3. The van der Waals surface area contributed by atoms with Crippen LogP contribution < -0.4 is 15.4 Å². The molecule has 0 spiro atoms. The maximum atomic E-state index is 12.2. The van der Waals surface area contributed by atoms with Crippen LogP contribution >= 0.6 is 35.3 Å². The number of aryl methyl sites for hydroxylation is 1. The normalized spacial score (nSPS) is 11.9. The highest BCUT2D eigenvalue weighted by atomic mass is 127. The molecule has 2 rings (SSSR count). The average molecular weight is 567 g/mol. The second kappa shape index (κ2) is 12.5. The summed E-state index contributed by atoms with van der Waals surface area (Å²) in [6.45, 7) is 5.87. The second-order valence-electron chi connectivity index (χ2n) is 6.75. The van der Waals surface area contributed by atoms with Gasteiger partial charge in [0.15, 0.2) is 5.96 Å². The van der Waals surface area contributed by atoms with Gasteiger partial charge in [-0.2, -0.15) is 0 Å². The lowest BCUT2D eigenvalue weighted by molar-refractivity contribution is 0.313. The van der Waals surface area contributed by atoms with Gasteiger partial charge in [-0.1, -0.05) is 19.1 Å². The standard InChI is InChI=1S/C20H30N4O3S2.HI/c1-6-11-27-18-12-15(2)7-8-16(18)13-22-20(21-3)23-14-17-9-10-19(28-17)29(25,26)24(4)5;/h7-10,12H,6,11,13-14H2,1-5H3,(H2,21,22,23);1H. The number of benzene rings is 1. The summed E-state index contributed by atoms with van der Waals surface area (Å²) in [5.41, 5.74) is 2.21. The topological polar surface area (TPSA) is 83.0 Å². The van der Waals surface area contributed by atoms with Crippen molar-refractivity contribution in [3.05, 3.63) is 46.3 Å². The summed E-state index contributed by atoms with van der Waals surface area (Å²) >= 11 is 1.25. The lowest BCUT2D eigenvalue weighted by Gasteiger charge is -2.15. The average Bonchev–Trinajstić information content (AvgIpc) is 3.17. The number of aliphatic imine (C=N–C) groups is 1. The van der Waals surface area contributed by atoms with Crippen LogP contribution in [0.25, 0.3) is 0 Å². The lowest BCUT2D eigenvalue weighted by atomic mass is 10.1. The van der Waals surface area contributed by atoms with Crippen LogP contribution in [0.1, 0.15) is 29.3 Å². The smallest absolute Gasteiger partial charge is 0.252 e. The summed E-state index contributed by atoms with van der Waals surface area (Å²) in [6, 6.07) is 9.61. The molecule has 0 bridgehead atoms. The van der Waals surface area contributed by atoms with E-state index in [1.165, 1.54) is 29.7 Å². The van der Waals surface area contributed by atoms with E-state index in [1.807, 2.05) is 19.1 Å². The highest BCUT2D eigenvalue weighted by Gasteiger charge is 2.19. The Morgan fingerprint density at radius 2 is 1.87 bits per heavy atom. The van der Waals surface area contributed by atoms with Gasteiger partial charge in [0, 0.05) is 38.1 Å². The first kappa shape index (κ1) is 26.7. The van der Waals surface area contributed by atoms with Gasteiger partial charge in [0.05, 0.1) is 13.2 Å². The summed E-state index contributed by atoms with van der Waals surface area (Å²) in [7, 11) is 1.37. The minimum absolute atomic E-state index is 0. The molecule has 0 aliphatic rings. The molecule has 0 amide bonds. The van der Waals surface area contributed by atoms with Gasteiger partial charge in [0.25, 0.3) is 10.0 Å². The van der Waals surface area contributed by atoms with Gasteiger partial charge >= 0.3 is 0 Å². The molecule has 2 N–H and O–H groups in total. The van der Waals surface area contributed by atoms with Gasteiger partial charge in [0.2, 0.25) is 0 Å². The largest absolute Gasteiger partial charge is 0.493 e. The van der Waals surface area contributed by atoms with Gasteiger partial charge < -0.3 is 15.4 Å². The number of sulfonamides is 1. The van der Waals surface area contributed by atoms with Crippen LogP contribution in [0.4, 0.5) is 0 Å². The SMILES string of the molecule is CCCOc1cc(C)ccc1CNC(=NC)NCc1ccc(S(=O)(=O)N(C)C)s1.I. The van der Waals surface area contributed by atoms with Crippen LogP contribution in [0.5, 0.6) is 5.75 Å². The predicted molar refractivity (Wildman–Crippen MR) is 135 cm³/mol. The van der Waals surface area contributed by atoms with E-state index < -0.39 is 10.0 Å². The Morgan fingerprint density at radius 1 is 1.17 bits per heavy atom. The Bertz CT molecular complexity index is 943. The minimum atomic E-state index is -3.40. The maximum Gasteiger partial charge on any atom is 0.252 e. The molecule has 2 aromatic rings. The van der Waals surface area contributed by atoms with Gasteiger partial charge in [0.1, 0.15) is 9.96 Å². The quantitative estimate of drug-likeness (QED) is 0.276. The fourth-order valence-corrected chi connectivity index (χ4v) is 4.96. The number of ether oxygens (including phenoxy) is 1. The number of hydrogen-bond donors (Lipinski definition) is 2. The molecule has 0 aliphatic heterocycles. The van der Waals surface area contributed by atoms with E-state index in [0.29, 0.717) is 29.9 Å². The number of thiophene rings is 1. The molecule has 0 saturated heterocycles. The third-order valence-corrected chi connectivity index (χ3v) is 7.52. The van der Waals surface area contributed by atoms with Crippen molar-refractivity contribution in [2.45, 2.75) is 37.6 Å². The first-order valence-corrected chi connectivity index (χ1v) is 11.7. The highest BCUT2D eigenvalue weighted by molar-refractivity contribution is 14.0. The Morgan fingerprint density at radius 3 is 2.50 bits per heavy atom. The van der Waals surface area contributed by atoms with Crippen LogP contribution in [0, 0.1) is 6.92 Å². The molecule has 1 aromatic carbocycles. The zero-order valence-corrected chi connectivity index (χ0v) is 22.0. The number of nitrogens with zero attached hydrogens (tertiary/aromatic N) is 2. The zero-order chi connectivity index (χ0) is 21.4. The van der Waals surface area contributed by atoms with E-state index in [9.17, 15) is 8.42 Å². The molecule has 1 heterocycles. The molecule has 30 heavy (non-hydrogen) atoms. The molecule has 0 saturated carbocycles. The summed E-state index contributed by atoms with van der Waals surface area (Å²) < 4.78 is 31.8. The fraction of sp³-hybridized carbons (Fsp3) is 0.450. The predicted octanol–water partition coefficient (Wildman–Crippen LogP) is 3.58. The van der Waals surface area contributed by atoms with Crippen LogP contribution in [0.2, 0.25) is 0 Å². The van der Waals surface area contributed by atoms with Crippen molar-refractivity contribution in [1.29, 1.82) is 0 Å². The van der Waals surface area contributed by atoms with Gasteiger partial charge in [-0.15, -0.1) is 35.3 Å². The summed E-state index contributed by atoms with van der Waals surface area (Å²) in [6.07, 6.45) is 0.955. The molecule has 0 atom stereocenters. The Balaban J connectivity index is 0.00000450. The van der Waals surface area contributed by atoms with Crippen LogP contribution in [-0.4, -0.2) is 46.4 Å². The van der Waals surface area contributed by atoms with Crippen molar-refractivity contribution in [1.82, 2.24) is 14.9 Å². The molecule has 0 aliphatic carbocycles. The third kappa shape index (κ3) is 7.40. The van der Waals surface area contributed by atoms with Crippen molar-refractivity contribution in [2.75, 3.05) is 27.7 Å². The maximum absolute atomic E-state index is 12.2. The Kier molecular flexibility index (Phi) is 11.1. The van der Waals surface area contributed by atoms with E-state index in [4.69, 9.17) is 4.74 Å². The monoisotopic (exact) mass is 566 g/mol. The van der Waals surface area contributed by atoms with Gasteiger partial charge in [-0.25, -0.2) is 12.7 Å². The number of guanidine groups is 1. The summed E-state index contributed by atoms with van der Waals surface area (Å²) in [5, 5.41) is 6.51. The van der Waals surface area contributed by atoms with Gasteiger partial charge in [-0.3, -0.25) is 4.99 Å². The van der Waals surface area contributed by atoms with Crippen LogP contribution in [0.15, 0.2) is 39.5 Å². The summed E-state index contributed by atoms with van der Waals surface area (Å²) in [5.74, 6) is 1.52. The van der Waals surface area contributed by atoms with Crippen LogP contribution in [-0.2, 0) is 23.1 Å². The Labute approximate surface area is 201 Å². The first-order chi connectivity index (χ1) is 13.8. The van der Waals surface area contributed by atoms with E-state index in [-0.39, 0.29) is 24.0 Å². The summed E-state index contributed by atoms with van der Waals surface area (Å²) in [4.78, 5) is 5.16.